The first-order valence-corrected chi connectivity index (χ1v) is 11.2. The van der Waals surface area contributed by atoms with Crippen LogP contribution in [0.15, 0.2) is 97.2 Å². The molecule has 0 saturated carbocycles. The monoisotopic (exact) mass is 513 g/mol. The summed E-state index contributed by atoms with van der Waals surface area (Å²) in [5.74, 6) is -0.555. The number of anilines is 1. The molecule has 1 heterocycles. The molecule has 0 aliphatic heterocycles. The molecule has 3 aromatic carbocycles. The Kier molecular flexibility index (Phi) is 7.26. The van der Waals surface area contributed by atoms with Gasteiger partial charge in [-0.15, -0.1) is 0 Å². The maximum atomic E-state index is 13.7. The van der Waals surface area contributed by atoms with E-state index in [4.69, 9.17) is 11.6 Å². The lowest BCUT2D eigenvalue weighted by atomic mass is 9.80. The Balaban J connectivity index is 1.87. The van der Waals surface area contributed by atoms with E-state index in [0.717, 1.165) is 23.8 Å². The lowest BCUT2D eigenvalue weighted by Gasteiger charge is -2.36. The van der Waals surface area contributed by atoms with Gasteiger partial charge in [-0.05, 0) is 53.6 Å². The predicted octanol–water partition coefficient (Wildman–Crippen LogP) is 7.20. The van der Waals surface area contributed by atoms with Crippen molar-refractivity contribution in [1.82, 2.24) is 10.3 Å². The fourth-order valence-electron chi connectivity index (χ4n) is 3.93. The normalized spacial score (nSPS) is 13.0. The minimum atomic E-state index is -4.61. The summed E-state index contributed by atoms with van der Waals surface area (Å²) >= 11 is 6.03. The number of nitrogens with zero attached hydrogens (tertiary/aromatic N) is 1. The van der Waals surface area contributed by atoms with Gasteiger partial charge in [0.05, 0.1) is 16.3 Å². The third kappa shape index (κ3) is 5.83. The first kappa shape index (κ1) is 25.2. The van der Waals surface area contributed by atoms with Crippen LogP contribution in [0, 0.1) is 5.82 Å². The topological polar surface area (TPSA) is 54.0 Å². The van der Waals surface area contributed by atoms with Crippen LogP contribution in [0.4, 0.5) is 28.0 Å². The Labute approximate surface area is 210 Å². The molecule has 4 aromatic rings. The minimum Gasteiger partial charge on any atom is -0.322 e. The van der Waals surface area contributed by atoms with Gasteiger partial charge in [-0.25, -0.2) is 9.18 Å². The number of halogens is 5. The largest absolute Gasteiger partial charge is 0.416 e. The zero-order valence-electron chi connectivity index (χ0n) is 18.7. The average Bonchev–Trinajstić information content (AvgIpc) is 2.84. The number of alkyl halides is 3. The van der Waals surface area contributed by atoms with Crippen LogP contribution < -0.4 is 10.6 Å². The second-order valence-corrected chi connectivity index (χ2v) is 8.53. The third-order valence-electron chi connectivity index (χ3n) is 5.57. The molecule has 2 amide bonds. The van der Waals surface area contributed by atoms with Crippen LogP contribution in [-0.4, -0.2) is 11.0 Å². The van der Waals surface area contributed by atoms with E-state index >= 15 is 0 Å². The molecule has 0 radical (unpaired) electrons. The first-order valence-electron chi connectivity index (χ1n) is 10.8. The number of hydrogen-bond acceptors (Lipinski definition) is 2. The summed E-state index contributed by atoms with van der Waals surface area (Å²) in [6.07, 6.45) is -3.18. The smallest absolute Gasteiger partial charge is 0.322 e. The van der Waals surface area contributed by atoms with Crippen LogP contribution in [0.1, 0.15) is 22.4 Å². The molecule has 1 unspecified atom stereocenters. The third-order valence-corrected chi connectivity index (χ3v) is 5.79. The lowest BCUT2D eigenvalue weighted by molar-refractivity contribution is -0.137. The second-order valence-electron chi connectivity index (χ2n) is 8.10. The molecule has 0 fully saturated rings. The van der Waals surface area contributed by atoms with E-state index in [1.165, 1.54) is 36.5 Å². The summed E-state index contributed by atoms with van der Waals surface area (Å²) in [7, 11) is 0. The molecular formula is C27H20ClF4N3O. The number of amides is 2. The average molecular weight is 514 g/mol. The van der Waals surface area contributed by atoms with Gasteiger partial charge >= 0.3 is 12.2 Å². The van der Waals surface area contributed by atoms with Crippen molar-refractivity contribution in [2.24, 2.45) is 0 Å². The van der Waals surface area contributed by atoms with Crippen molar-refractivity contribution < 1.29 is 22.4 Å². The van der Waals surface area contributed by atoms with Gasteiger partial charge in [-0.1, -0.05) is 60.1 Å². The Hall–Kier alpha value is -3.91. The van der Waals surface area contributed by atoms with E-state index in [-0.39, 0.29) is 23.4 Å². The van der Waals surface area contributed by atoms with Crippen molar-refractivity contribution >= 4 is 23.3 Å². The highest BCUT2D eigenvalue weighted by atomic mass is 35.5. The highest BCUT2D eigenvalue weighted by Gasteiger charge is 2.40. The predicted molar refractivity (Wildman–Crippen MR) is 130 cm³/mol. The van der Waals surface area contributed by atoms with Crippen molar-refractivity contribution in [1.29, 1.82) is 0 Å². The van der Waals surface area contributed by atoms with Gasteiger partial charge in [-0.2, -0.15) is 13.2 Å². The van der Waals surface area contributed by atoms with Gasteiger partial charge in [0.2, 0.25) is 0 Å². The van der Waals surface area contributed by atoms with Crippen molar-refractivity contribution in [3.8, 4) is 0 Å². The van der Waals surface area contributed by atoms with Crippen LogP contribution in [0.5, 0.6) is 0 Å². The van der Waals surface area contributed by atoms with Gasteiger partial charge in [0, 0.05) is 18.3 Å². The molecule has 0 bridgehead atoms. The van der Waals surface area contributed by atoms with Gasteiger partial charge in [-0.3, -0.25) is 4.98 Å². The zero-order valence-corrected chi connectivity index (χ0v) is 19.4. The maximum Gasteiger partial charge on any atom is 0.416 e. The number of rotatable bonds is 6. The fourth-order valence-corrected chi connectivity index (χ4v) is 4.05. The molecule has 0 spiro atoms. The molecule has 36 heavy (non-hydrogen) atoms. The molecule has 184 valence electrons. The number of nitrogens with one attached hydrogen (secondary N) is 2. The number of aromatic nitrogens is 1. The number of carbonyl (C=O) groups is 1. The van der Waals surface area contributed by atoms with Gasteiger partial charge in [0.1, 0.15) is 11.4 Å². The summed E-state index contributed by atoms with van der Waals surface area (Å²) in [5, 5.41) is 5.71. The molecule has 0 aliphatic carbocycles. The van der Waals surface area contributed by atoms with Crippen LogP contribution in [0.3, 0.4) is 0 Å². The van der Waals surface area contributed by atoms with E-state index in [1.807, 2.05) is 0 Å². The number of hydrogen-bond donors (Lipinski definition) is 2. The lowest BCUT2D eigenvalue weighted by Crippen LogP contribution is -2.50. The van der Waals surface area contributed by atoms with Gasteiger partial charge in [0.25, 0.3) is 0 Å². The molecule has 4 rings (SSSR count). The van der Waals surface area contributed by atoms with E-state index in [2.05, 4.69) is 15.6 Å². The highest BCUT2D eigenvalue weighted by molar-refractivity contribution is 6.30. The molecule has 9 heteroatoms. The second kappa shape index (κ2) is 10.4. The Morgan fingerprint density at radius 2 is 1.58 bits per heavy atom. The fraction of sp³-hybridized carbons (Fsp3) is 0.111. The zero-order chi connectivity index (χ0) is 25.8. The minimum absolute atomic E-state index is 0.0698. The Bertz CT molecular complexity index is 1350. The number of benzene rings is 3. The molecule has 2 N–H and O–H groups in total. The van der Waals surface area contributed by atoms with Crippen LogP contribution in [0.2, 0.25) is 5.02 Å². The van der Waals surface area contributed by atoms with E-state index in [1.54, 1.807) is 42.5 Å². The van der Waals surface area contributed by atoms with Crippen LogP contribution in [0.25, 0.3) is 0 Å². The quantitative estimate of drug-likeness (QED) is 0.268. The van der Waals surface area contributed by atoms with Gasteiger partial charge < -0.3 is 10.6 Å². The van der Waals surface area contributed by atoms with Crippen molar-refractivity contribution in [2.45, 2.75) is 18.1 Å². The summed E-state index contributed by atoms with van der Waals surface area (Å²) in [4.78, 5) is 17.6. The Morgan fingerprint density at radius 3 is 2.25 bits per heavy atom. The number of pyridine rings is 1. The molecular weight excluding hydrogens is 494 g/mol. The number of carbonyl (C=O) groups excluding carboxylic acids is 1. The van der Waals surface area contributed by atoms with Gasteiger partial charge in [0.15, 0.2) is 0 Å². The van der Waals surface area contributed by atoms with Crippen molar-refractivity contribution in [2.75, 3.05) is 5.32 Å². The molecule has 4 nitrogen and oxygen atoms in total. The van der Waals surface area contributed by atoms with Crippen molar-refractivity contribution in [3.63, 3.8) is 0 Å². The van der Waals surface area contributed by atoms with E-state index < -0.39 is 29.1 Å². The molecule has 1 atom stereocenters. The van der Waals surface area contributed by atoms with E-state index in [0.29, 0.717) is 5.02 Å². The maximum absolute atomic E-state index is 13.7. The standard InChI is InChI=1S/C27H20ClF4N3O/c28-21-12-13-24(33-17-21)26(16-18-6-2-1-3-7-18,19-8-4-9-20(14-19)27(30,31)32)35-25(36)34-23-11-5-10-22(29)15-23/h1-15,17H,16H2,(H2,34,35,36). The summed E-state index contributed by atoms with van der Waals surface area (Å²) in [5.41, 5.74) is -1.08. The SMILES string of the molecule is O=C(Nc1cccc(F)c1)NC(Cc1ccccc1)(c1cccc(C(F)(F)F)c1)c1ccc(Cl)cn1. The summed E-state index contributed by atoms with van der Waals surface area (Å²) in [6, 6.07) is 21.3. The first-order chi connectivity index (χ1) is 17.2. The Morgan fingerprint density at radius 1 is 0.861 bits per heavy atom. The highest BCUT2D eigenvalue weighted by Crippen LogP contribution is 2.37. The van der Waals surface area contributed by atoms with Crippen LogP contribution >= 0.6 is 11.6 Å². The van der Waals surface area contributed by atoms with Crippen LogP contribution in [-0.2, 0) is 18.1 Å². The molecule has 1 aromatic heterocycles. The summed E-state index contributed by atoms with van der Waals surface area (Å²) < 4.78 is 54.6. The number of urea groups is 1. The van der Waals surface area contributed by atoms with E-state index in [9.17, 15) is 22.4 Å². The summed E-state index contributed by atoms with van der Waals surface area (Å²) in [6.45, 7) is 0. The molecule has 0 saturated heterocycles. The molecule has 0 aliphatic rings. The van der Waals surface area contributed by atoms with Crippen molar-refractivity contribution in [3.05, 3.63) is 130 Å².